The number of ether oxygens (including phenoxy) is 1. The number of carbonyl (C=O) groups excluding carboxylic acids is 1. The lowest BCUT2D eigenvalue weighted by Gasteiger charge is -2.20. The fraction of sp³-hybridized carbons (Fsp3) is 0.909. The summed E-state index contributed by atoms with van der Waals surface area (Å²) in [5.74, 6) is -0.332. The van der Waals surface area contributed by atoms with Gasteiger partial charge in [-0.15, -0.1) is 0 Å². The largest absolute Gasteiger partial charge is 0.376 e. The molecule has 1 atom stereocenters. The third-order valence-corrected chi connectivity index (χ3v) is 2.68. The summed E-state index contributed by atoms with van der Waals surface area (Å²) in [7, 11) is 0. The number of nitrogens with two attached hydrogens (primary N) is 1. The third kappa shape index (κ3) is 4.62. The van der Waals surface area contributed by atoms with Crippen LogP contribution in [0.1, 0.15) is 39.5 Å². The average molecular weight is 214 g/mol. The highest BCUT2D eigenvalue weighted by atomic mass is 16.5. The molecule has 15 heavy (non-hydrogen) atoms. The first kappa shape index (κ1) is 12.5. The fourth-order valence-corrected chi connectivity index (χ4v) is 1.90. The molecular weight excluding hydrogens is 192 g/mol. The maximum absolute atomic E-state index is 11.1. The van der Waals surface area contributed by atoms with Crippen molar-refractivity contribution in [1.82, 2.24) is 5.32 Å². The van der Waals surface area contributed by atoms with Crippen LogP contribution in [-0.2, 0) is 9.53 Å². The molecule has 4 nitrogen and oxygen atoms in total. The molecule has 4 heteroatoms. The van der Waals surface area contributed by atoms with E-state index < -0.39 is 0 Å². The Bertz CT molecular complexity index is 201. The summed E-state index contributed by atoms with van der Waals surface area (Å²) in [4.78, 5) is 11.1. The van der Waals surface area contributed by atoms with E-state index in [-0.39, 0.29) is 18.0 Å². The number of primary amides is 1. The normalized spacial score (nSPS) is 19.7. The highest BCUT2D eigenvalue weighted by Crippen LogP contribution is 2.20. The van der Waals surface area contributed by atoms with E-state index in [0.29, 0.717) is 12.7 Å². The molecule has 88 valence electrons. The number of carbonyl (C=O) groups is 1. The van der Waals surface area contributed by atoms with Crippen LogP contribution in [0.15, 0.2) is 0 Å². The molecule has 1 saturated carbocycles. The molecule has 1 aliphatic carbocycles. The summed E-state index contributed by atoms with van der Waals surface area (Å²) in [6.07, 6.45) is 5.05. The molecule has 1 unspecified atom stereocenters. The standard InChI is InChI=1S/C11H22N2O2/c1-8(2)13-10(11(12)14)7-15-9-5-3-4-6-9/h8-10,13H,3-7H2,1-2H3,(H2,12,14). The van der Waals surface area contributed by atoms with Crippen molar-refractivity contribution in [1.29, 1.82) is 0 Å². The smallest absolute Gasteiger partial charge is 0.236 e. The molecule has 0 bridgehead atoms. The van der Waals surface area contributed by atoms with Gasteiger partial charge in [-0.05, 0) is 12.8 Å². The van der Waals surface area contributed by atoms with Gasteiger partial charge in [0, 0.05) is 6.04 Å². The van der Waals surface area contributed by atoms with Crippen molar-refractivity contribution in [2.24, 2.45) is 5.73 Å². The van der Waals surface area contributed by atoms with Gasteiger partial charge in [0.2, 0.25) is 5.91 Å². The lowest BCUT2D eigenvalue weighted by molar-refractivity contribution is -0.122. The summed E-state index contributed by atoms with van der Waals surface area (Å²) < 4.78 is 5.66. The number of hydrogen-bond acceptors (Lipinski definition) is 3. The number of rotatable bonds is 6. The van der Waals surface area contributed by atoms with Crippen LogP contribution in [0.4, 0.5) is 0 Å². The zero-order chi connectivity index (χ0) is 11.3. The van der Waals surface area contributed by atoms with E-state index in [1.54, 1.807) is 0 Å². The summed E-state index contributed by atoms with van der Waals surface area (Å²) >= 11 is 0. The Morgan fingerprint density at radius 2 is 2.07 bits per heavy atom. The van der Waals surface area contributed by atoms with Crippen molar-refractivity contribution < 1.29 is 9.53 Å². The van der Waals surface area contributed by atoms with Gasteiger partial charge in [-0.3, -0.25) is 4.79 Å². The Morgan fingerprint density at radius 3 is 2.53 bits per heavy atom. The highest BCUT2D eigenvalue weighted by molar-refractivity contribution is 5.80. The number of amides is 1. The van der Waals surface area contributed by atoms with Crippen molar-refractivity contribution >= 4 is 5.91 Å². The maximum Gasteiger partial charge on any atom is 0.236 e. The molecule has 3 N–H and O–H groups in total. The van der Waals surface area contributed by atoms with Gasteiger partial charge < -0.3 is 15.8 Å². The monoisotopic (exact) mass is 214 g/mol. The predicted octanol–water partition coefficient (Wildman–Crippen LogP) is 0.797. The Hall–Kier alpha value is -0.610. The van der Waals surface area contributed by atoms with E-state index in [1.807, 2.05) is 13.8 Å². The summed E-state index contributed by atoms with van der Waals surface area (Å²) in [5.41, 5.74) is 5.29. The van der Waals surface area contributed by atoms with Crippen molar-refractivity contribution in [2.45, 2.75) is 57.7 Å². The van der Waals surface area contributed by atoms with E-state index >= 15 is 0 Å². The summed E-state index contributed by atoms with van der Waals surface area (Å²) in [5, 5.41) is 3.10. The second kappa shape index (κ2) is 6.08. The van der Waals surface area contributed by atoms with E-state index in [9.17, 15) is 4.79 Å². The van der Waals surface area contributed by atoms with Gasteiger partial charge in [0.15, 0.2) is 0 Å². The van der Waals surface area contributed by atoms with E-state index in [1.165, 1.54) is 12.8 Å². The predicted molar refractivity (Wildman–Crippen MR) is 59.5 cm³/mol. The molecule has 0 saturated heterocycles. The maximum atomic E-state index is 11.1. The Labute approximate surface area is 91.5 Å². The van der Waals surface area contributed by atoms with Gasteiger partial charge >= 0.3 is 0 Å². The first-order chi connectivity index (χ1) is 7.09. The molecule has 0 radical (unpaired) electrons. The SMILES string of the molecule is CC(C)NC(COC1CCCC1)C(N)=O. The second-order valence-electron chi connectivity index (χ2n) is 4.52. The highest BCUT2D eigenvalue weighted by Gasteiger charge is 2.20. The quantitative estimate of drug-likeness (QED) is 0.687. The molecule has 0 aromatic heterocycles. The molecule has 0 aromatic rings. The van der Waals surface area contributed by atoms with Crippen LogP contribution in [0.25, 0.3) is 0 Å². The van der Waals surface area contributed by atoms with Crippen LogP contribution >= 0.6 is 0 Å². The minimum Gasteiger partial charge on any atom is -0.376 e. The van der Waals surface area contributed by atoms with Crippen LogP contribution in [0.3, 0.4) is 0 Å². The molecule has 1 rings (SSSR count). The fourth-order valence-electron chi connectivity index (χ4n) is 1.90. The average Bonchev–Trinajstić information content (AvgIpc) is 2.63. The first-order valence-electron chi connectivity index (χ1n) is 5.76. The minimum absolute atomic E-state index is 0.245. The van der Waals surface area contributed by atoms with Gasteiger partial charge in [-0.1, -0.05) is 26.7 Å². The van der Waals surface area contributed by atoms with Gasteiger partial charge in [0.25, 0.3) is 0 Å². The van der Waals surface area contributed by atoms with Crippen LogP contribution in [-0.4, -0.2) is 30.7 Å². The van der Waals surface area contributed by atoms with Crippen LogP contribution < -0.4 is 11.1 Å². The van der Waals surface area contributed by atoms with Crippen LogP contribution in [0.5, 0.6) is 0 Å². The lowest BCUT2D eigenvalue weighted by atomic mass is 10.2. The molecule has 1 amide bonds. The molecule has 1 aliphatic rings. The summed E-state index contributed by atoms with van der Waals surface area (Å²) in [6, 6.07) is -0.111. The Balaban J connectivity index is 2.27. The molecular formula is C11H22N2O2. The number of nitrogens with one attached hydrogen (secondary N) is 1. The van der Waals surface area contributed by atoms with Gasteiger partial charge in [-0.2, -0.15) is 0 Å². The summed E-state index contributed by atoms with van der Waals surface area (Å²) in [6.45, 7) is 4.38. The van der Waals surface area contributed by atoms with Crippen LogP contribution in [0, 0.1) is 0 Å². The number of hydrogen-bond donors (Lipinski definition) is 2. The van der Waals surface area contributed by atoms with Gasteiger partial charge in [-0.25, -0.2) is 0 Å². The van der Waals surface area contributed by atoms with Crippen molar-refractivity contribution in [3.8, 4) is 0 Å². The van der Waals surface area contributed by atoms with E-state index in [0.717, 1.165) is 12.8 Å². The van der Waals surface area contributed by atoms with E-state index in [4.69, 9.17) is 10.5 Å². The lowest BCUT2D eigenvalue weighted by Crippen LogP contribution is -2.48. The van der Waals surface area contributed by atoms with Crippen molar-refractivity contribution in [3.63, 3.8) is 0 Å². The molecule has 0 aliphatic heterocycles. The minimum atomic E-state index is -0.356. The topological polar surface area (TPSA) is 64.3 Å². The Kier molecular flexibility index (Phi) is 5.05. The second-order valence-corrected chi connectivity index (χ2v) is 4.52. The molecule has 0 heterocycles. The van der Waals surface area contributed by atoms with Crippen LogP contribution in [0.2, 0.25) is 0 Å². The third-order valence-electron chi connectivity index (χ3n) is 2.68. The van der Waals surface area contributed by atoms with E-state index in [2.05, 4.69) is 5.32 Å². The van der Waals surface area contributed by atoms with Crippen molar-refractivity contribution in [2.75, 3.05) is 6.61 Å². The Morgan fingerprint density at radius 1 is 1.47 bits per heavy atom. The zero-order valence-electron chi connectivity index (χ0n) is 9.66. The van der Waals surface area contributed by atoms with Gasteiger partial charge in [0.1, 0.15) is 6.04 Å². The van der Waals surface area contributed by atoms with Gasteiger partial charge in [0.05, 0.1) is 12.7 Å². The first-order valence-corrected chi connectivity index (χ1v) is 5.76. The molecule has 0 aromatic carbocycles. The molecule has 0 spiro atoms. The molecule has 1 fully saturated rings. The zero-order valence-corrected chi connectivity index (χ0v) is 9.66. The van der Waals surface area contributed by atoms with Crippen molar-refractivity contribution in [3.05, 3.63) is 0 Å².